The molecule has 2 fully saturated rings. The molecule has 2 saturated heterocycles. The van der Waals surface area contributed by atoms with Gasteiger partial charge >= 0.3 is 0 Å². The van der Waals surface area contributed by atoms with Crippen molar-refractivity contribution in [3.63, 3.8) is 0 Å². The third-order valence-corrected chi connectivity index (χ3v) is 6.53. The van der Waals surface area contributed by atoms with Gasteiger partial charge in [-0.2, -0.15) is 0 Å². The highest BCUT2D eigenvalue weighted by Crippen LogP contribution is 2.33. The van der Waals surface area contributed by atoms with Crippen molar-refractivity contribution in [2.45, 2.75) is 70.5 Å². The first-order valence-corrected chi connectivity index (χ1v) is 11.9. The third kappa shape index (κ3) is 5.57. The number of hydrogen-bond donors (Lipinski definition) is 2. The molecule has 32 heavy (non-hydrogen) atoms. The monoisotopic (exact) mass is 455 g/mol. The lowest BCUT2D eigenvalue weighted by atomic mass is 9.79. The van der Waals surface area contributed by atoms with E-state index < -0.39 is 0 Å². The van der Waals surface area contributed by atoms with Crippen molar-refractivity contribution in [1.29, 1.82) is 0 Å². The van der Waals surface area contributed by atoms with E-state index in [4.69, 9.17) is 16.3 Å². The molecule has 2 aliphatic heterocycles. The summed E-state index contributed by atoms with van der Waals surface area (Å²) in [5.41, 5.74) is 1.65. The normalized spacial score (nSPS) is 20.2. The largest absolute Gasteiger partial charge is 0.456 e. The number of benzene rings is 2. The highest BCUT2D eigenvalue weighted by molar-refractivity contribution is 6.32. The number of halogens is 1. The van der Waals surface area contributed by atoms with Crippen LogP contribution in [0.15, 0.2) is 42.5 Å². The molecule has 4 rings (SSSR count). The number of anilines is 1. The van der Waals surface area contributed by atoms with Gasteiger partial charge in [0.2, 0.25) is 0 Å². The maximum Gasteiger partial charge on any atom is 0.251 e. The number of ether oxygens (including phenoxy) is 1. The standard InChI is InChI=1S/C26H34ClN3O2/c1-25(2)16-19(17-26(3,4)29-25)28-24(31)18-10-11-23(22(27)14-18)32-21-9-7-8-20(15-21)30-12-5-6-13-30/h7-11,14-15,19,29H,5-6,12-13,16-17H2,1-4H3,(H,28,31). The van der Waals surface area contributed by atoms with Gasteiger partial charge in [-0.15, -0.1) is 0 Å². The molecule has 0 unspecified atom stereocenters. The van der Waals surface area contributed by atoms with Gasteiger partial charge in [-0.05, 0) is 83.7 Å². The van der Waals surface area contributed by atoms with Gasteiger partial charge in [-0.25, -0.2) is 0 Å². The number of nitrogens with zero attached hydrogens (tertiary/aromatic N) is 1. The van der Waals surface area contributed by atoms with E-state index in [-0.39, 0.29) is 23.0 Å². The second-order valence-corrected chi connectivity index (χ2v) is 10.8. The highest BCUT2D eigenvalue weighted by atomic mass is 35.5. The Bertz CT molecular complexity index is 967. The van der Waals surface area contributed by atoms with Crippen LogP contribution in [0, 0.1) is 0 Å². The van der Waals surface area contributed by atoms with Crippen molar-refractivity contribution < 1.29 is 9.53 Å². The molecule has 0 spiro atoms. The van der Waals surface area contributed by atoms with Crippen LogP contribution in [0.1, 0.15) is 63.7 Å². The number of carbonyl (C=O) groups excluding carboxylic acids is 1. The van der Waals surface area contributed by atoms with E-state index in [9.17, 15) is 4.79 Å². The molecule has 0 aliphatic carbocycles. The van der Waals surface area contributed by atoms with E-state index in [0.29, 0.717) is 16.3 Å². The maximum absolute atomic E-state index is 12.9. The SMILES string of the molecule is CC1(C)CC(NC(=O)c2ccc(Oc3cccc(N4CCCC4)c3)c(Cl)c2)CC(C)(C)N1. The molecule has 5 nitrogen and oxygen atoms in total. The number of rotatable bonds is 5. The lowest BCUT2D eigenvalue weighted by Crippen LogP contribution is -2.62. The minimum absolute atomic E-state index is 0.0291. The molecule has 2 aliphatic rings. The molecular weight excluding hydrogens is 422 g/mol. The van der Waals surface area contributed by atoms with E-state index >= 15 is 0 Å². The van der Waals surface area contributed by atoms with E-state index in [0.717, 1.165) is 31.7 Å². The summed E-state index contributed by atoms with van der Waals surface area (Å²) in [6, 6.07) is 13.4. The lowest BCUT2D eigenvalue weighted by Gasteiger charge is -2.46. The average Bonchev–Trinajstić information content (AvgIpc) is 3.22. The highest BCUT2D eigenvalue weighted by Gasteiger charge is 2.38. The Hall–Kier alpha value is -2.24. The Balaban J connectivity index is 1.43. The van der Waals surface area contributed by atoms with Gasteiger partial charge in [0.15, 0.2) is 0 Å². The number of hydrogen-bond acceptors (Lipinski definition) is 4. The summed E-state index contributed by atoms with van der Waals surface area (Å²) in [5.74, 6) is 1.19. The van der Waals surface area contributed by atoms with Gasteiger partial charge in [-0.3, -0.25) is 4.79 Å². The second-order valence-electron chi connectivity index (χ2n) is 10.4. The first-order chi connectivity index (χ1) is 15.1. The van der Waals surface area contributed by atoms with Crippen molar-refractivity contribution in [2.24, 2.45) is 0 Å². The number of nitrogens with one attached hydrogen (secondary N) is 2. The Morgan fingerprint density at radius 2 is 1.75 bits per heavy atom. The summed E-state index contributed by atoms with van der Waals surface area (Å²) in [5, 5.41) is 7.27. The fraction of sp³-hybridized carbons (Fsp3) is 0.500. The molecule has 0 saturated carbocycles. The summed E-state index contributed by atoms with van der Waals surface area (Å²) in [4.78, 5) is 15.3. The predicted molar refractivity (Wildman–Crippen MR) is 131 cm³/mol. The van der Waals surface area contributed by atoms with Gasteiger partial charge in [0.1, 0.15) is 11.5 Å². The fourth-order valence-corrected chi connectivity index (χ4v) is 5.48. The molecular formula is C26H34ClN3O2. The number of piperidine rings is 1. The zero-order valence-corrected chi connectivity index (χ0v) is 20.3. The van der Waals surface area contributed by atoms with Crippen LogP contribution < -0.4 is 20.3 Å². The first-order valence-electron chi connectivity index (χ1n) is 11.5. The van der Waals surface area contributed by atoms with Gasteiger partial charge in [0.05, 0.1) is 5.02 Å². The molecule has 1 amide bonds. The molecule has 2 aromatic rings. The van der Waals surface area contributed by atoms with Crippen LogP contribution in [0.3, 0.4) is 0 Å². The van der Waals surface area contributed by atoms with Crippen LogP contribution in [0.2, 0.25) is 5.02 Å². The van der Waals surface area contributed by atoms with Crippen molar-refractivity contribution >= 4 is 23.2 Å². The molecule has 0 bridgehead atoms. The van der Waals surface area contributed by atoms with Gasteiger partial charge in [-0.1, -0.05) is 17.7 Å². The van der Waals surface area contributed by atoms with Crippen LogP contribution >= 0.6 is 11.6 Å². The molecule has 2 N–H and O–H groups in total. The minimum Gasteiger partial charge on any atom is -0.456 e. The Kier molecular flexibility index (Phi) is 6.42. The molecule has 0 radical (unpaired) electrons. The first kappa shape index (κ1) is 22.9. The van der Waals surface area contributed by atoms with E-state index in [1.807, 2.05) is 18.2 Å². The van der Waals surface area contributed by atoms with Crippen LogP contribution in [0.5, 0.6) is 11.5 Å². The van der Waals surface area contributed by atoms with Gasteiger partial charge in [0.25, 0.3) is 5.91 Å². The third-order valence-electron chi connectivity index (χ3n) is 6.24. The quantitative estimate of drug-likeness (QED) is 0.600. The summed E-state index contributed by atoms with van der Waals surface area (Å²) >= 11 is 6.50. The fourth-order valence-electron chi connectivity index (χ4n) is 5.26. The number of carbonyl (C=O) groups is 1. The Morgan fingerprint density at radius 3 is 2.41 bits per heavy atom. The second kappa shape index (κ2) is 8.95. The molecule has 0 aromatic heterocycles. The smallest absolute Gasteiger partial charge is 0.251 e. The lowest BCUT2D eigenvalue weighted by molar-refractivity contribution is 0.0873. The zero-order chi connectivity index (χ0) is 22.9. The van der Waals surface area contributed by atoms with E-state index in [1.165, 1.54) is 18.5 Å². The van der Waals surface area contributed by atoms with Crippen LogP contribution in [-0.4, -0.2) is 36.1 Å². The van der Waals surface area contributed by atoms with Crippen LogP contribution in [0.25, 0.3) is 0 Å². The summed E-state index contributed by atoms with van der Waals surface area (Å²) in [7, 11) is 0. The van der Waals surface area contributed by atoms with Crippen LogP contribution in [-0.2, 0) is 0 Å². The predicted octanol–water partition coefficient (Wildman–Crippen LogP) is 5.77. The summed E-state index contributed by atoms with van der Waals surface area (Å²) in [6.45, 7) is 10.9. The maximum atomic E-state index is 12.9. The van der Waals surface area contributed by atoms with E-state index in [2.05, 4.69) is 49.3 Å². The van der Waals surface area contributed by atoms with Crippen molar-refractivity contribution in [1.82, 2.24) is 10.6 Å². The van der Waals surface area contributed by atoms with Crippen molar-refractivity contribution in [3.05, 3.63) is 53.1 Å². The Morgan fingerprint density at radius 1 is 1.06 bits per heavy atom. The minimum atomic E-state index is -0.104. The van der Waals surface area contributed by atoms with Gasteiger partial charge < -0.3 is 20.3 Å². The van der Waals surface area contributed by atoms with Crippen LogP contribution in [0.4, 0.5) is 5.69 Å². The molecule has 2 aromatic carbocycles. The molecule has 0 atom stereocenters. The molecule has 6 heteroatoms. The number of amides is 1. The summed E-state index contributed by atoms with van der Waals surface area (Å²) in [6.07, 6.45) is 4.22. The zero-order valence-electron chi connectivity index (χ0n) is 19.5. The summed E-state index contributed by atoms with van der Waals surface area (Å²) < 4.78 is 6.05. The van der Waals surface area contributed by atoms with E-state index in [1.54, 1.807) is 18.2 Å². The van der Waals surface area contributed by atoms with Crippen molar-refractivity contribution in [2.75, 3.05) is 18.0 Å². The van der Waals surface area contributed by atoms with Gasteiger partial charge in [0, 0.05) is 47.5 Å². The molecule has 2 heterocycles. The average molecular weight is 456 g/mol. The van der Waals surface area contributed by atoms with Crippen molar-refractivity contribution in [3.8, 4) is 11.5 Å². The molecule has 172 valence electrons. The topological polar surface area (TPSA) is 53.6 Å². The Labute approximate surface area is 196 Å².